The normalized spacial score (nSPS) is 20.3. The molecule has 1 saturated heterocycles. The number of likely N-dealkylation sites (tertiary alicyclic amines) is 1. The third kappa shape index (κ3) is 2.90. The molecule has 3 heterocycles. The van der Waals surface area contributed by atoms with E-state index in [9.17, 15) is 4.39 Å². The van der Waals surface area contributed by atoms with Crippen molar-refractivity contribution >= 4 is 11.6 Å². The van der Waals surface area contributed by atoms with Crippen molar-refractivity contribution in [3.8, 4) is 5.75 Å². The van der Waals surface area contributed by atoms with Gasteiger partial charge in [-0.1, -0.05) is 11.6 Å². The van der Waals surface area contributed by atoms with Gasteiger partial charge in [0.15, 0.2) is 11.6 Å². The summed E-state index contributed by atoms with van der Waals surface area (Å²) in [5, 5.41) is 0.323. The van der Waals surface area contributed by atoms with Gasteiger partial charge in [0.1, 0.15) is 0 Å². The molecule has 0 unspecified atom stereocenters. The van der Waals surface area contributed by atoms with Gasteiger partial charge in [0, 0.05) is 38.3 Å². The molecular weight excluding hydrogens is 355 g/mol. The second-order valence-corrected chi connectivity index (χ2v) is 7.71. The molecule has 7 heteroatoms. The number of H-pyrrole nitrogens is 1. The lowest BCUT2D eigenvalue weighted by atomic mass is 9.79. The van der Waals surface area contributed by atoms with Crippen LogP contribution in [-0.2, 0) is 18.5 Å². The van der Waals surface area contributed by atoms with Crippen molar-refractivity contribution in [2.24, 2.45) is 0 Å². The first kappa shape index (κ1) is 17.8. The molecule has 5 nitrogen and oxygen atoms in total. The van der Waals surface area contributed by atoms with Crippen molar-refractivity contribution in [3.63, 3.8) is 0 Å². The zero-order valence-corrected chi connectivity index (χ0v) is 15.9. The molecular formula is C19H24ClFN4O. The van der Waals surface area contributed by atoms with Gasteiger partial charge in [0.05, 0.1) is 29.7 Å². The zero-order valence-electron chi connectivity index (χ0n) is 15.2. The highest BCUT2D eigenvalue weighted by atomic mass is 35.5. The van der Waals surface area contributed by atoms with Crippen molar-refractivity contribution in [2.45, 2.75) is 31.3 Å². The van der Waals surface area contributed by atoms with Crippen molar-refractivity contribution in [1.82, 2.24) is 19.8 Å². The molecule has 4 rings (SSSR count). The maximum absolute atomic E-state index is 14.1. The van der Waals surface area contributed by atoms with Crippen LogP contribution < -0.4 is 4.74 Å². The molecule has 2 aromatic rings. The van der Waals surface area contributed by atoms with Crippen LogP contribution in [-0.4, -0.2) is 53.6 Å². The number of fused-ring (bicyclic) bond motifs is 2. The number of methoxy groups -OCH3 is 1. The Balaban J connectivity index is 1.48. The predicted molar refractivity (Wildman–Crippen MR) is 99.1 cm³/mol. The van der Waals surface area contributed by atoms with Crippen LogP contribution in [0.2, 0.25) is 5.02 Å². The van der Waals surface area contributed by atoms with Gasteiger partial charge < -0.3 is 9.72 Å². The fourth-order valence-corrected chi connectivity index (χ4v) is 4.75. The Hall–Kier alpha value is -1.63. The van der Waals surface area contributed by atoms with Crippen LogP contribution in [0.25, 0.3) is 0 Å². The summed E-state index contributed by atoms with van der Waals surface area (Å²) in [5.74, 6) is -0.292. The fraction of sp³-hybridized carbons (Fsp3) is 0.526. The van der Waals surface area contributed by atoms with Gasteiger partial charge >= 0.3 is 0 Å². The fourth-order valence-electron chi connectivity index (χ4n) is 4.44. The first-order valence-corrected chi connectivity index (χ1v) is 9.39. The topological polar surface area (TPSA) is 44.4 Å². The Morgan fingerprint density at radius 2 is 2.08 bits per heavy atom. The minimum atomic E-state index is -0.406. The Morgan fingerprint density at radius 1 is 1.31 bits per heavy atom. The molecule has 0 radical (unpaired) electrons. The molecule has 26 heavy (non-hydrogen) atoms. The van der Waals surface area contributed by atoms with Gasteiger partial charge in [-0.15, -0.1) is 0 Å². The van der Waals surface area contributed by atoms with Crippen LogP contribution in [0.3, 0.4) is 0 Å². The number of nitrogens with one attached hydrogen (secondary N) is 1. The van der Waals surface area contributed by atoms with Crippen LogP contribution >= 0.6 is 11.6 Å². The number of benzene rings is 1. The van der Waals surface area contributed by atoms with Crippen molar-refractivity contribution < 1.29 is 9.13 Å². The summed E-state index contributed by atoms with van der Waals surface area (Å²) < 4.78 is 19.1. The lowest BCUT2D eigenvalue weighted by molar-refractivity contribution is 0.0221. The van der Waals surface area contributed by atoms with Crippen LogP contribution in [0.5, 0.6) is 5.75 Å². The zero-order chi connectivity index (χ0) is 18.3. The minimum Gasteiger partial charge on any atom is -0.492 e. The number of ether oxygens (including phenoxy) is 1. The standard InChI is InChI=1S/C19H24ClFN4O/c1-24-6-3-16-18(23-12-22-16)19(24)4-7-25(8-5-19)11-13-9-14(20)17(26-2)15(21)10-13/h9-10,12H,3-8,11H2,1-2H3,(H,22,23). The number of halogens is 2. The molecule has 2 aliphatic heterocycles. The van der Waals surface area contributed by atoms with Gasteiger partial charge in [-0.3, -0.25) is 9.80 Å². The summed E-state index contributed by atoms with van der Waals surface area (Å²) in [6.45, 7) is 3.63. The summed E-state index contributed by atoms with van der Waals surface area (Å²) in [6.07, 6.45) is 4.89. The molecule has 1 fully saturated rings. The molecule has 1 spiro atoms. The van der Waals surface area contributed by atoms with E-state index < -0.39 is 5.82 Å². The van der Waals surface area contributed by atoms with Crippen LogP contribution in [0.1, 0.15) is 29.8 Å². The SMILES string of the molecule is COc1c(F)cc(CN2CCC3(CC2)c2nc[nH]c2CCN3C)cc1Cl. The molecule has 1 aromatic heterocycles. The van der Waals surface area contributed by atoms with Gasteiger partial charge in [-0.25, -0.2) is 9.37 Å². The molecule has 2 aliphatic rings. The number of aromatic nitrogens is 2. The van der Waals surface area contributed by atoms with Crippen LogP contribution in [0.15, 0.2) is 18.5 Å². The minimum absolute atomic E-state index is 0.0207. The highest BCUT2D eigenvalue weighted by Crippen LogP contribution is 2.41. The van der Waals surface area contributed by atoms with Crippen molar-refractivity contribution in [1.29, 1.82) is 0 Å². The summed E-state index contributed by atoms with van der Waals surface area (Å²) in [6, 6.07) is 3.32. The van der Waals surface area contributed by atoms with E-state index in [1.165, 1.54) is 24.6 Å². The highest BCUT2D eigenvalue weighted by Gasteiger charge is 2.44. The van der Waals surface area contributed by atoms with E-state index in [4.69, 9.17) is 16.3 Å². The quantitative estimate of drug-likeness (QED) is 0.890. The number of imidazole rings is 1. The highest BCUT2D eigenvalue weighted by molar-refractivity contribution is 6.32. The average Bonchev–Trinajstić information content (AvgIpc) is 3.10. The van der Waals surface area contributed by atoms with Crippen LogP contribution in [0, 0.1) is 5.82 Å². The van der Waals surface area contributed by atoms with Gasteiger partial charge in [0.2, 0.25) is 0 Å². The molecule has 0 atom stereocenters. The third-order valence-corrected chi connectivity index (χ3v) is 6.22. The summed E-state index contributed by atoms with van der Waals surface area (Å²) in [4.78, 5) is 12.8. The van der Waals surface area contributed by atoms with E-state index in [1.807, 2.05) is 6.33 Å². The first-order valence-electron chi connectivity index (χ1n) is 9.02. The summed E-state index contributed by atoms with van der Waals surface area (Å²) >= 11 is 6.13. The molecule has 0 amide bonds. The number of piperidine rings is 1. The Bertz CT molecular complexity index is 778. The number of nitrogens with zero attached hydrogens (tertiary/aromatic N) is 3. The smallest absolute Gasteiger partial charge is 0.173 e. The maximum Gasteiger partial charge on any atom is 0.173 e. The van der Waals surface area contributed by atoms with E-state index in [2.05, 4.69) is 26.8 Å². The Kier molecular flexibility index (Phi) is 4.67. The maximum atomic E-state index is 14.1. The first-order chi connectivity index (χ1) is 12.5. The molecule has 1 N–H and O–H groups in total. The monoisotopic (exact) mass is 378 g/mol. The van der Waals surface area contributed by atoms with E-state index in [0.717, 1.165) is 44.5 Å². The molecule has 1 aromatic carbocycles. The number of aromatic amines is 1. The number of hydrogen-bond acceptors (Lipinski definition) is 4. The molecule has 0 aliphatic carbocycles. The van der Waals surface area contributed by atoms with E-state index in [-0.39, 0.29) is 11.3 Å². The number of rotatable bonds is 3. The van der Waals surface area contributed by atoms with E-state index in [0.29, 0.717) is 11.6 Å². The van der Waals surface area contributed by atoms with Crippen LogP contribution in [0.4, 0.5) is 4.39 Å². The van der Waals surface area contributed by atoms with Crippen molar-refractivity contribution in [3.05, 3.63) is 46.3 Å². The van der Waals surface area contributed by atoms with Gasteiger partial charge in [-0.2, -0.15) is 0 Å². The lowest BCUT2D eigenvalue weighted by Crippen LogP contribution is -2.54. The largest absolute Gasteiger partial charge is 0.492 e. The van der Waals surface area contributed by atoms with Crippen molar-refractivity contribution in [2.75, 3.05) is 33.8 Å². The molecule has 0 bridgehead atoms. The number of hydrogen-bond donors (Lipinski definition) is 1. The molecule has 140 valence electrons. The van der Waals surface area contributed by atoms with Gasteiger partial charge in [0.25, 0.3) is 0 Å². The Morgan fingerprint density at radius 3 is 2.77 bits per heavy atom. The van der Waals surface area contributed by atoms with Gasteiger partial charge in [-0.05, 0) is 37.6 Å². The lowest BCUT2D eigenvalue weighted by Gasteiger charge is -2.49. The summed E-state index contributed by atoms with van der Waals surface area (Å²) in [5.41, 5.74) is 3.39. The average molecular weight is 379 g/mol. The summed E-state index contributed by atoms with van der Waals surface area (Å²) in [7, 11) is 3.63. The second-order valence-electron chi connectivity index (χ2n) is 7.30. The van der Waals surface area contributed by atoms with E-state index in [1.54, 1.807) is 6.07 Å². The molecule has 0 saturated carbocycles. The third-order valence-electron chi connectivity index (χ3n) is 5.94. The predicted octanol–water partition coefficient (Wildman–Crippen LogP) is 3.19. The second kappa shape index (κ2) is 6.83. The number of likely N-dealkylation sites (N-methyl/N-ethyl adjacent to an activating group) is 1. The Labute approximate surface area is 158 Å². The van der Waals surface area contributed by atoms with E-state index >= 15 is 0 Å².